The molecule has 0 aliphatic heterocycles. The molecule has 0 radical (unpaired) electrons. The van der Waals surface area contributed by atoms with Crippen molar-refractivity contribution in [3.05, 3.63) is 23.3 Å². The number of rotatable bonds is 2. The summed E-state index contributed by atoms with van der Waals surface area (Å²) in [7, 11) is 7.28. The second-order valence-electron chi connectivity index (χ2n) is 4.22. The fourth-order valence-corrected chi connectivity index (χ4v) is 8.22. The zero-order valence-corrected chi connectivity index (χ0v) is 12.7. The Morgan fingerprint density at radius 3 is 3.00 bits per heavy atom. The lowest BCUT2D eigenvalue weighted by atomic mass is 9.86. The van der Waals surface area contributed by atoms with E-state index < -0.39 is 0 Å². The average Bonchev–Trinajstić information content (AvgIpc) is 2.62. The highest BCUT2D eigenvalue weighted by atomic mass is 32.6. The van der Waals surface area contributed by atoms with E-state index >= 15 is 0 Å². The highest BCUT2D eigenvalue weighted by Crippen LogP contribution is 2.72. The molecule has 0 heterocycles. The molecule has 0 saturated heterocycles. The van der Waals surface area contributed by atoms with E-state index in [0.717, 1.165) is 19.5 Å². The smallest absolute Gasteiger partial charge is 0.00695 e. The first-order valence-corrected chi connectivity index (χ1v) is 11.8. The minimum Gasteiger partial charge on any atom is -0.110 e. The van der Waals surface area contributed by atoms with Gasteiger partial charge >= 0.3 is 0 Å². The van der Waals surface area contributed by atoms with Crippen LogP contribution in [0.2, 0.25) is 0 Å². The summed E-state index contributed by atoms with van der Waals surface area (Å²) in [5.74, 6) is 0.896. The third-order valence-corrected chi connectivity index (χ3v) is 14.7. The van der Waals surface area contributed by atoms with Crippen molar-refractivity contribution in [2.75, 3.05) is 0 Å². The van der Waals surface area contributed by atoms with Crippen molar-refractivity contribution in [2.24, 2.45) is 5.92 Å². The Morgan fingerprint density at radius 2 is 2.29 bits per heavy atom. The van der Waals surface area contributed by atoms with Crippen molar-refractivity contribution in [1.29, 1.82) is 0 Å². The summed E-state index contributed by atoms with van der Waals surface area (Å²) in [5, 5.41) is 0. The Kier molecular flexibility index (Phi) is 4.19. The third-order valence-electron chi connectivity index (χ3n) is 3.30. The lowest BCUT2D eigenvalue weighted by molar-refractivity contribution is 0.515. The van der Waals surface area contributed by atoms with Crippen LogP contribution in [0.5, 0.6) is 0 Å². The second-order valence-corrected chi connectivity index (χ2v) is 13.8. The summed E-state index contributed by atoms with van der Waals surface area (Å²) >= 11 is 0. The van der Waals surface area contributed by atoms with Crippen molar-refractivity contribution in [3.8, 4) is 0 Å². The van der Waals surface area contributed by atoms with Gasteiger partial charge in [0, 0.05) is 0 Å². The van der Waals surface area contributed by atoms with Gasteiger partial charge in [0.2, 0.25) is 0 Å². The van der Waals surface area contributed by atoms with Gasteiger partial charge in [-0.15, -0.1) is 17.9 Å². The summed E-state index contributed by atoms with van der Waals surface area (Å²) < 4.78 is 0. The maximum Gasteiger partial charge on any atom is -0.00695 e. The Hall–Kier alpha value is 1.20. The molecule has 2 aliphatic carbocycles. The molecule has 0 saturated carbocycles. The van der Waals surface area contributed by atoms with Gasteiger partial charge in [-0.25, -0.2) is 0 Å². The van der Waals surface area contributed by atoms with Crippen LogP contribution in [-0.2, 0) is 0 Å². The Labute approximate surface area is 94.4 Å². The van der Waals surface area contributed by atoms with E-state index in [0.29, 0.717) is 0 Å². The second kappa shape index (κ2) is 5.02. The SMILES string of the molecule is C[C@@H]1CC2=C(CC=C2)C[C@@H]1P(P)PP. The first-order chi connectivity index (χ1) is 6.72. The van der Waals surface area contributed by atoms with Gasteiger partial charge in [0.05, 0.1) is 0 Å². The molecule has 0 amide bonds. The molecule has 6 atom stereocenters. The monoisotopic (exact) mass is 262 g/mol. The van der Waals surface area contributed by atoms with E-state index in [-0.39, 0.29) is 7.30 Å². The zero-order valence-electron chi connectivity index (χ0n) is 8.53. The van der Waals surface area contributed by atoms with E-state index in [4.69, 9.17) is 0 Å². The molecule has 78 valence electrons. The summed E-state index contributed by atoms with van der Waals surface area (Å²) in [4.78, 5) is 0. The van der Waals surface area contributed by atoms with Crippen LogP contribution in [0, 0.1) is 5.92 Å². The molecule has 14 heavy (non-hydrogen) atoms. The largest absolute Gasteiger partial charge is 0.110 e. The maximum absolute atomic E-state index is 3.11. The van der Waals surface area contributed by atoms with Gasteiger partial charge in [0.1, 0.15) is 0 Å². The molecule has 0 aromatic rings. The lowest BCUT2D eigenvalue weighted by Gasteiger charge is -2.34. The molecular weight excluding hydrogens is 244 g/mol. The lowest BCUT2D eigenvalue weighted by Crippen LogP contribution is -2.19. The van der Waals surface area contributed by atoms with E-state index in [1.165, 1.54) is 19.3 Å². The van der Waals surface area contributed by atoms with Gasteiger partial charge in [-0.3, -0.25) is 0 Å². The van der Waals surface area contributed by atoms with Crippen molar-refractivity contribution >= 4 is 33.1 Å². The van der Waals surface area contributed by atoms with Crippen molar-refractivity contribution in [3.63, 3.8) is 0 Å². The quantitative estimate of drug-likeness (QED) is 0.633. The number of allylic oxidation sites excluding steroid dienone is 4. The highest BCUT2D eigenvalue weighted by molar-refractivity contribution is 8.61. The van der Waals surface area contributed by atoms with Crippen LogP contribution in [0.1, 0.15) is 26.2 Å². The Morgan fingerprint density at radius 1 is 1.50 bits per heavy atom. The van der Waals surface area contributed by atoms with Crippen LogP contribution in [0.4, 0.5) is 0 Å². The minimum absolute atomic E-state index is 0.186. The molecule has 4 unspecified atom stereocenters. The van der Waals surface area contributed by atoms with Crippen LogP contribution in [-0.4, -0.2) is 5.66 Å². The van der Waals surface area contributed by atoms with Gasteiger partial charge in [0.15, 0.2) is 0 Å². The van der Waals surface area contributed by atoms with Gasteiger partial charge in [0.25, 0.3) is 0 Å². The zero-order chi connectivity index (χ0) is 10.1. The topological polar surface area (TPSA) is 0 Å². The van der Waals surface area contributed by atoms with Gasteiger partial charge < -0.3 is 0 Å². The van der Waals surface area contributed by atoms with Crippen molar-refractivity contribution < 1.29 is 0 Å². The minimum atomic E-state index is 0.186. The summed E-state index contributed by atoms with van der Waals surface area (Å²) in [6.07, 6.45) is 8.65. The van der Waals surface area contributed by atoms with E-state index in [1.807, 2.05) is 0 Å². The molecule has 4 heteroatoms. The molecular formula is C10H18P4. The van der Waals surface area contributed by atoms with E-state index in [2.05, 4.69) is 36.9 Å². The first kappa shape index (κ1) is 11.7. The van der Waals surface area contributed by atoms with Crippen LogP contribution >= 0.6 is 33.1 Å². The van der Waals surface area contributed by atoms with Gasteiger partial charge in [-0.2, -0.15) is 0 Å². The first-order valence-electron chi connectivity index (χ1n) is 5.10. The summed E-state index contributed by atoms with van der Waals surface area (Å²) in [6.45, 7) is 2.44. The molecule has 0 N–H and O–H groups in total. The van der Waals surface area contributed by atoms with E-state index in [1.54, 1.807) is 11.1 Å². The summed E-state index contributed by atoms with van der Waals surface area (Å²) in [6, 6.07) is 0. The molecule has 0 aromatic carbocycles. The normalized spacial score (nSPS) is 34.2. The number of hydrogen-bond donors (Lipinski definition) is 0. The fraction of sp³-hybridized carbons (Fsp3) is 0.600. The van der Waals surface area contributed by atoms with Crippen LogP contribution < -0.4 is 0 Å². The van der Waals surface area contributed by atoms with Gasteiger partial charge in [-0.05, 0) is 36.4 Å². The van der Waals surface area contributed by atoms with Gasteiger partial charge in [-0.1, -0.05) is 39.9 Å². The van der Waals surface area contributed by atoms with Crippen LogP contribution in [0.25, 0.3) is 0 Å². The fourth-order valence-electron chi connectivity index (χ4n) is 2.42. The molecule has 0 spiro atoms. The molecule has 0 fully saturated rings. The molecule has 2 aliphatic rings. The maximum atomic E-state index is 3.11. The molecule has 0 bridgehead atoms. The van der Waals surface area contributed by atoms with E-state index in [9.17, 15) is 0 Å². The molecule has 0 nitrogen and oxygen atoms in total. The third kappa shape index (κ3) is 2.30. The molecule has 2 rings (SSSR count). The standard InChI is InChI=1S/C10H18P4/c1-7-5-8-3-2-4-9(8)6-10(7)14(12)13-11/h2-3,7,10,13H,4-6,11-12H2,1H3/t7-,10+,14?/m1/s1. The average molecular weight is 262 g/mol. The van der Waals surface area contributed by atoms with Crippen LogP contribution in [0.3, 0.4) is 0 Å². The summed E-state index contributed by atoms with van der Waals surface area (Å²) in [5.41, 5.74) is 4.37. The predicted octanol–water partition coefficient (Wildman–Crippen LogP) is 4.70. The van der Waals surface area contributed by atoms with Crippen molar-refractivity contribution in [2.45, 2.75) is 31.8 Å². The number of hydrogen-bond acceptors (Lipinski definition) is 0. The Balaban J connectivity index is 2.10. The van der Waals surface area contributed by atoms with Crippen LogP contribution in [0.15, 0.2) is 23.3 Å². The molecule has 0 aromatic heterocycles. The van der Waals surface area contributed by atoms with Crippen molar-refractivity contribution in [1.82, 2.24) is 0 Å². The Bertz CT molecular complexity index is 282. The predicted molar refractivity (Wildman–Crippen MR) is 77.6 cm³/mol. The highest BCUT2D eigenvalue weighted by Gasteiger charge is 2.30.